The molecule has 1 aromatic carbocycles. The van der Waals surface area contributed by atoms with Crippen LogP contribution in [-0.4, -0.2) is 40.8 Å². The molecule has 0 aliphatic rings. The van der Waals surface area contributed by atoms with Crippen LogP contribution < -0.4 is 5.32 Å². The quantitative estimate of drug-likeness (QED) is 0.132. The van der Waals surface area contributed by atoms with Gasteiger partial charge in [-0.1, -0.05) is 0 Å². The number of hydrogen-bond acceptors (Lipinski definition) is 10. The molecule has 0 aliphatic carbocycles. The number of rotatable bonds is 9. The first-order chi connectivity index (χ1) is 13.7. The summed E-state index contributed by atoms with van der Waals surface area (Å²) in [6.45, 7) is 5.05. The van der Waals surface area contributed by atoms with E-state index in [9.17, 15) is 5.11 Å². The number of nitrogens with zero attached hydrogens (tertiary/aromatic N) is 5. The molecule has 0 spiro atoms. The maximum absolute atomic E-state index is 10.2. The summed E-state index contributed by atoms with van der Waals surface area (Å²) >= 11 is 1.21. The number of fused-ring (bicyclic) bond motifs is 1. The molecule has 3 aromatic rings. The lowest BCUT2D eigenvalue weighted by Crippen LogP contribution is -2.05. The molecule has 0 fully saturated rings. The van der Waals surface area contributed by atoms with Gasteiger partial charge in [-0.2, -0.15) is 4.37 Å². The number of azo groups is 1. The fourth-order valence-electron chi connectivity index (χ4n) is 2.23. The Bertz CT molecular complexity index is 989. The van der Waals surface area contributed by atoms with Crippen LogP contribution >= 0.6 is 11.5 Å². The van der Waals surface area contributed by atoms with Crippen molar-refractivity contribution in [1.82, 2.24) is 9.36 Å². The molecule has 0 unspecified atom stereocenters. The van der Waals surface area contributed by atoms with E-state index in [4.69, 9.17) is 9.47 Å². The van der Waals surface area contributed by atoms with Crippen LogP contribution in [0.4, 0.5) is 22.1 Å². The Kier molecular flexibility index (Phi) is 6.82. The summed E-state index contributed by atoms with van der Waals surface area (Å²) in [6.07, 6.45) is 2.99. The van der Waals surface area contributed by atoms with Crippen molar-refractivity contribution in [1.29, 1.82) is 0 Å². The Morgan fingerprint density at radius 2 is 2.11 bits per heavy atom. The summed E-state index contributed by atoms with van der Waals surface area (Å²) in [5.41, 5.74) is 1.97. The van der Waals surface area contributed by atoms with Gasteiger partial charge in [0.15, 0.2) is 17.0 Å². The van der Waals surface area contributed by atoms with E-state index in [-0.39, 0.29) is 12.5 Å². The molecule has 10 heteroatoms. The van der Waals surface area contributed by atoms with E-state index in [1.807, 2.05) is 26.0 Å². The first-order valence-electron chi connectivity index (χ1n) is 8.67. The lowest BCUT2D eigenvalue weighted by atomic mass is 10.2. The molecule has 146 valence electrons. The molecule has 3 rings (SSSR count). The molecule has 0 bridgehead atoms. The number of phenolic OH excluding ortho intramolecular Hbond substituents is 1. The van der Waals surface area contributed by atoms with E-state index in [2.05, 4.69) is 29.9 Å². The van der Waals surface area contributed by atoms with Crippen LogP contribution in [0.15, 0.2) is 45.7 Å². The van der Waals surface area contributed by atoms with Crippen molar-refractivity contribution in [2.75, 3.05) is 25.3 Å². The average molecular weight is 400 g/mol. The van der Waals surface area contributed by atoms with Crippen LogP contribution in [0.3, 0.4) is 0 Å². The van der Waals surface area contributed by atoms with Gasteiger partial charge in [-0.25, -0.2) is 9.98 Å². The SMILES string of the molecule is CCOC=Nc1cc(O)c(NCOCC)cc1/N=N/c1snc2ncccc12. The summed E-state index contributed by atoms with van der Waals surface area (Å²) in [4.78, 5) is 8.40. The standard InChI is InChI=1S/C18H20N6O3S/c1-3-26-10-20-13-9-16(25)15(21-11-27-4-2)8-14(13)22-23-18-12-6-5-7-19-17(12)24-28-18/h5-10,21,25H,3-4,11H2,1-2H3/b20-10?,23-22+. The van der Waals surface area contributed by atoms with Crippen molar-refractivity contribution in [3.05, 3.63) is 30.5 Å². The monoisotopic (exact) mass is 400 g/mol. The van der Waals surface area contributed by atoms with Gasteiger partial charge in [0, 0.05) is 18.9 Å². The second kappa shape index (κ2) is 9.72. The molecule has 0 radical (unpaired) electrons. The third-order valence-corrected chi connectivity index (χ3v) is 4.32. The van der Waals surface area contributed by atoms with E-state index in [0.717, 1.165) is 5.39 Å². The second-order valence-electron chi connectivity index (χ2n) is 5.42. The first-order valence-corrected chi connectivity index (χ1v) is 9.45. The van der Waals surface area contributed by atoms with Crippen LogP contribution in [0.2, 0.25) is 0 Å². The Morgan fingerprint density at radius 1 is 1.21 bits per heavy atom. The van der Waals surface area contributed by atoms with Gasteiger partial charge in [-0.3, -0.25) is 0 Å². The molecule has 9 nitrogen and oxygen atoms in total. The number of aliphatic imine (C=N–C) groups is 1. The number of anilines is 1. The van der Waals surface area contributed by atoms with E-state index >= 15 is 0 Å². The minimum Gasteiger partial charge on any atom is -0.506 e. The summed E-state index contributed by atoms with van der Waals surface area (Å²) in [7, 11) is 0. The predicted octanol–water partition coefficient (Wildman–Crippen LogP) is 4.91. The van der Waals surface area contributed by atoms with Gasteiger partial charge in [0.2, 0.25) is 0 Å². The van der Waals surface area contributed by atoms with Gasteiger partial charge in [0.05, 0.1) is 23.4 Å². The minimum atomic E-state index is 0.0229. The van der Waals surface area contributed by atoms with Crippen molar-refractivity contribution in [2.24, 2.45) is 15.2 Å². The highest BCUT2D eigenvalue weighted by Crippen LogP contribution is 2.39. The fraction of sp³-hybridized carbons (Fsp3) is 0.278. The zero-order valence-electron chi connectivity index (χ0n) is 15.5. The number of phenols is 1. The fourth-order valence-corrected chi connectivity index (χ4v) is 2.89. The van der Waals surface area contributed by atoms with Crippen LogP contribution in [0.25, 0.3) is 11.0 Å². The average Bonchev–Trinajstić information content (AvgIpc) is 3.12. The molecule has 0 saturated carbocycles. The zero-order chi connectivity index (χ0) is 19.8. The number of benzene rings is 1. The van der Waals surface area contributed by atoms with Crippen molar-refractivity contribution >= 4 is 51.0 Å². The molecule has 2 heterocycles. The zero-order valence-corrected chi connectivity index (χ0v) is 16.3. The first kappa shape index (κ1) is 19.6. The lowest BCUT2D eigenvalue weighted by molar-refractivity contribution is 0.166. The molecule has 0 amide bonds. The third kappa shape index (κ3) is 4.78. The van der Waals surface area contributed by atoms with Crippen LogP contribution in [-0.2, 0) is 9.47 Å². The molecule has 2 N–H and O–H groups in total. The van der Waals surface area contributed by atoms with Crippen molar-refractivity contribution in [3.8, 4) is 5.75 Å². The molecule has 2 aromatic heterocycles. The van der Waals surface area contributed by atoms with E-state index in [0.29, 0.717) is 40.9 Å². The van der Waals surface area contributed by atoms with Crippen molar-refractivity contribution in [2.45, 2.75) is 13.8 Å². The number of hydrogen-bond donors (Lipinski definition) is 2. The molecular formula is C18H20N6O3S. The van der Waals surface area contributed by atoms with E-state index in [1.54, 1.807) is 12.3 Å². The third-order valence-electron chi connectivity index (χ3n) is 3.58. The highest BCUT2D eigenvalue weighted by molar-refractivity contribution is 7.11. The highest BCUT2D eigenvalue weighted by Gasteiger charge is 2.10. The number of ether oxygens (including phenoxy) is 2. The van der Waals surface area contributed by atoms with Gasteiger partial charge in [-0.05, 0) is 43.6 Å². The lowest BCUT2D eigenvalue weighted by Gasteiger charge is -2.10. The van der Waals surface area contributed by atoms with Crippen molar-refractivity contribution < 1.29 is 14.6 Å². The Hall–Kier alpha value is -3.11. The van der Waals surface area contributed by atoms with Gasteiger partial charge in [0.1, 0.15) is 18.2 Å². The maximum Gasteiger partial charge on any atom is 0.175 e. The predicted molar refractivity (Wildman–Crippen MR) is 110 cm³/mol. The highest BCUT2D eigenvalue weighted by atomic mass is 32.1. The van der Waals surface area contributed by atoms with Crippen LogP contribution in [0, 0.1) is 0 Å². The maximum atomic E-state index is 10.2. The molecule has 0 aliphatic heterocycles. The number of aromatic nitrogens is 2. The second-order valence-corrected chi connectivity index (χ2v) is 6.18. The Morgan fingerprint density at radius 3 is 2.93 bits per heavy atom. The largest absolute Gasteiger partial charge is 0.506 e. The molecular weight excluding hydrogens is 380 g/mol. The summed E-state index contributed by atoms with van der Waals surface area (Å²) in [5, 5.41) is 23.3. The number of nitrogens with one attached hydrogen (secondary N) is 1. The molecule has 0 atom stereocenters. The van der Waals surface area contributed by atoms with Gasteiger partial charge in [0.25, 0.3) is 0 Å². The Labute approximate surface area is 165 Å². The normalized spacial score (nSPS) is 11.6. The van der Waals surface area contributed by atoms with Crippen molar-refractivity contribution in [3.63, 3.8) is 0 Å². The van der Waals surface area contributed by atoms with E-state index < -0.39 is 0 Å². The minimum absolute atomic E-state index is 0.0229. The van der Waals surface area contributed by atoms with Gasteiger partial charge in [-0.15, -0.1) is 10.2 Å². The smallest absolute Gasteiger partial charge is 0.175 e. The van der Waals surface area contributed by atoms with E-state index in [1.165, 1.54) is 24.0 Å². The molecule has 28 heavy (non-hydrogen) atoms. The molecule has 0 saturated heterocycles. The number of aromatic hydroxyl groups is 1. The van der Waals surface area contributed by atoms with Crippen LogP contribution in [0.1, 0.15) is 13.8 Å². The Balaban J connectivity index is 1.94. The topological polar surface area (TPSA) is 114 Å². The summed E-state index contributed by atoms with van der Waals surface area (Å²) in [5.74, 6) is 0.0229. The van der Waals surface area contributed by atoms with Gasteiger partial charge >= 0.3 is 0 Å². The summed E-state index contributed by atoms with van der Waals surface area (Å²) in [6, 6.07) is 6.85. The van der Waals surface area contributed by atoms with Gasteiger partial charge < -0.3 is 19.9 Å². The van der Waals surface area contributed by atoms with Crippen LogP contribution in [0.5, 0.6) is 5.75 Å². The number of pyridine rings is 1. The summed E-state index contributed by atoms with van der Waals surface area (Å²) < 4.78 is 14.7.